The van der Waals surface area contributed by atoms with E-state index in [1.165, 1.54) is 6.42 Å². The van der Waals surface area contributed by atoms with Crippen molar-refractivity contribution in [3.05, 3.63) is 23.7 Å². The van der Waals surface area contributed by atoms with Crippen LogP contribution >= 0.6 is 0 Å². The molecule has 1 saturated carbocycles. The van der Waals surface area contributed by atoms with Crippen LogP contribution in [0.2, 0.25) is 0 Å². The number of hydrogen-bond donors (Lipinski definition) is 1. The lowest BCUT2D eigenvalue weighted by Gasteiger charge is -2.47. The highest BCUT2D eigenvalue weighted by Crippen LogP contribution is 2.44. The van der Waals surface area contributed by atoms with E-state index in [0.717, 1.165) is 43.4 Å². The molecule has 3 rings (SSSR count). The van der Waals surface area contributed by atoms with Gasteiger partial charge in [0, 0.05) is 12.1 Å². The van der Waals surface area contributed by atoms with Gasteiger partial charge in [-0.1, -0.05) is 0 Å². The fourth-order valence-corrected chi connectivity index (χ4v) is 4.48. The Morgan fingerprint density at radius 2 is 2.10 bits per heavy atom. The first-order valence-electron chi connectivity index (χ1n) is 7.66. The molecular weight excluding hydrogens is 290 g/mol. The molecule has 0 radical (unpaired) electrons. The fraction of sp³-hybridized carbons (Fsp3) is 0.733. The molecule has 2 fully saturated rings. The Balaban J connectivity index is 1.54. The highest BCUT2D eigenvalue weighted by Gasteiger charge is 2.43. The van der Waals surface area contributed by atoms with Crippen LogP contribution in [0.25, 0.3) is 0 Å². The summed E-state index contributed by atoms with van der Waals surface area (Å²) in [6.45, 7) is 2.11. The molecule has 1 spiro atoms. The first-order valence-corrected chi connectivity index (χ1v) is 9.31. The first kappa shape index (κ1) is 15.1. The Morgan fingerprint density at radius 1 is 1.33 bits per heavy atom. The number of rotatable bonds is 5. The van der Waals surface area contributed by atoms with Gasteiger partial charge in [0.25, 0.3) is 0 Å². The van der Waals surface area contributed by atoms with Crippen molar-refractivity contribution in [2.24, 2.45) is 0 Å². The van der Waals surface area contributed by atoms with Gasteiger partial charge in [0.1, 0.15) is 5.76 Å². The van der Waals surface area contributed by atoms with E-state index < -0.39 is 10.0 Å². The maximum Gasteiger partial charge on any atom is 0.214 e. The summed E-state index contributed by atoms with van der Waals surface area (Å²) in [7, 11) is -3.33. The summed E-state index contributed by atoms with van der Waals surface area (Å²) in [5.74, 6) is 0.811. The van der Waals surface area contributed by atoms with Crippen molar-refractivity contribution in [2.45, 2.75) is 63.7 Å². The van der Waals surface area contributed by atoms with Crippen LogP contribution < -0.4 is 4.72 Å². The van der Waals surface area contributed by atoms with Gasteiger partial charge in [-0.15, -0.1) is 0 Å². The van der Waals surface area contributed by atoms with Crippen LogP contribution in [0.3, 0.4) is 0 Å². The van der Waals surface area contributed by atoms with Gasteiger partial charge in [-0.3, -0.25) is 0 Å². The zero-order valence-corrected chi connectivity index (χ0v) is 13.2. The topological polar surface area (TPSA) is 68.5 Å². The number of aryl methyl sites for hydroxylation is 1. The van der Waals surface area contributed by atoms with Crippen LogP contribution in [-0.2, 0) is 21.3 Å². The van der Waals surface area contributed by atoms with Crippen molar-refractivity contribution in [2.75, 3.05) is 5.75 Å². The van der Waals surface area contributed by atoms with E-state index in [9.17, 15) is 8.42 Å². The molecule has 118 valence electrons. The van der Waals surface area contributed by atoms with Crippen LogP contribution in [0.15, 0.2) is 16.7 Å². The van der Waals surface area contributed by atoms with Gasteiger partial charge >= 0.3 is 0 Å². The molecule has 0 bridgehead atoms. The molecule has 1 aromatic rings. The lowest BCUT2D eigenvalue weighted by atomic mass is 9.74. The maximum atomic E-state index is 12.2. The second-order valence-corrected chi connectivity index (χ2v) is 8.12. The molecule has 1 unspecified atom stereocenters. The van der Waals surface area contributed by atoms with E-state index in [1.54, 1.807) is 12.3 Å². The molecule has 2 heterocycles. The fourth-order valence-electron chi connectivity index (χ4n) is 3.27. The van der Waals surface area contributed by atoms with E-state index in [-0.39, 0.29) is 24.0 Å². The molecule has 0 amide bonds. The third kappa shape index (κ3) is 3.49. The van der Waals surface area contributed by atoms with Crippen molar-refractivity contribution < 1.29 is 17.6 Å². The number of hydrogen-bond acceptors (Lipinski definition) is 4. The number of ether oxygens (including phenoxy) is 1. The zero-order chi connectivity index (χ0) is 14.9. The van der Waals surface area contributed by atoms with Gasteiger partial charge in [-0.2, -0.15) is 0 Å². The molecule has 21 heavy (non-hydrogen) atoms. The molecule has 1 aromatic heterocycles. The SMILES string of the molecule is Cc1occc1CNS(=O)(=O)CC1CCCC2(CCC2)O1. The molecule has 6 heteroatoms. The summed E-state index contributed by atoms with van der Waals surface area (Å²) in [6, 6.07) is 1.79. The Morgan fingerprint density at radius 3 is 2.71 bits per heavy atom. The summed E-state index contributed by atoms with van der Waals surface area (Å²) < 4.78 is 38.3. The van der Waals surface area contributed by atoms with E-state index >= 15 is 0 Å². The van der Waals surface area contributed by atoms with Gasteiger partial charge < -0.3 is 9.15 Å². The lowest BCUT2D eigenvalue weighted by Crippen LogP contribution is -2.48. The van der Waals surface area contributed by atoms with Crippen molar-refractivity contribution >= 4 is 10.0 Å². The zero-order valence-electron chi connectivity index (χ0n) is 12.4. The minimum Gasteiger partial charge on any atom is -0.469 e. The average molecular weight is 313 g/mol. The molecule has 1 saturated heterocycles. The van der Waals surface area contributed by atoms with Crippen molar-refractivity contribution in [3.8, 4) is 0 Å². The summed E-state index contributed by atoms with van der Waals surface area (Å²) >= 11 is 0. The van der Waals surface area contributed by atoms with Crippen LogP contribution in [-0.4, -0.2) is 25.9 Å². The average Bonchev–Trinajstić information content (AvgIpc) is 2.80. The molecule has 5 nitrogen and oxygen atoms in total. The number of furan rings is 1. The largest absolute Gasteiger partial charge is 0.469 e. The Labute approximate surface area is 126 Å². The Hall–Kier alpha value is -0.850. The lowest BCUT2D eigenvalue weighted by molar-refractivity contribution is -0.161. The molecule has 0 aromatic carbocycles. The maximum absolute atomic E-state index is 12.2. The summed E-state index contributed by atoms with van der Waals surface area (Å²) in [5.41, 5.74) is 0.873. The number of sulfonamides is 1. The highest BCUT2D eigenvalue weighted by molar-refractivity contribution is 7.89. The molecule has 1 atom stereocenters. The van der Waals surface area contributed by atoms with Crippen LogP contribution in [0.5, 0.6) is 0 Å². The van der Waals surface area contributed by atoms with Crippen molar-refractivity contribution in [1.29, 1.82) is 0 Å². The molecule has 2 aliphatic rings. The number of nitrogens with one attached hydrogen (secondary N) is 1. The van der Waals surface area contributed by atoms with Gasteiger partial charge in [0.05, 0.1) is 23.7 Å². The second kappa shape index (κ2) is 5.74. The van der Waals surface area contributed by atoms with Gasteiger partial charge in [0.15, 0.2) is 0 Å². The quantitative estimate of drug-likeness (QED) is 0.907. The minimum atomic E-state index is -3.33. The first-order chi connectivity index (χ1) is 9.98. The second-order valence-electron chi connectivity index (χ2n) is 6.27. The van der Waals surface area contributed by atoms with Crippen LogP contribution in [0.1, 0.15) is 49.8 Å². The standard InChI is InChI=1S/C15H23NO4S/c1-12-13(5-9-19-12)10-16-21(17,18)11-14-4-2-6-15(20-14)7-3-8-15/h5,9,14,16H,2-4,6-8,10-11H2,1H3. The van der Waals surface area contributed by atoms with E-state index in [0.29, 0.717) is 0 Å². The third-order valence-corrected chi connectivity index (χ3v) is 6.09. The summed E-state index contributed by atoms with van der Waals surface area (Å²) in [4.78, 5) is 0. The molecular formula is C15H23NO4S. The third-order valence-electron chi connectivity index (χ3n) is 4.69. The van der Waals surface area contributed by atoms with E-state index in [4.69, 9.17) is 9.15 Å². The predicted octanol–water partition coefficient (Wildman–Crippen LogP) is 2.50. The monoisotopic (exact) mass is 313 g/mol. The van der Waals surface area contributed by atoms with Gasteiger partial charge in [0.2, 0.25) is 10.0 Å². The smallest absolute Gasteiger partial charge is 0.214 e. The van der Waals surface area contributed by atoms with Gasteiger partial charge in [-0.25, -0.2) is 13.1 Å². The summed E-state index contributed by atoms with van der Waals surface area (Å²) in [6.07, 6.45) is 7.79. The van der Waals surface area contributed by atoms with Crippen molar-refractivity contribution in [3.63, 3.8) is 0 Å². The van der Waals surface area contributed by atoms with E-state index in [1.807, 2.05) is 6.92 Å². The molecule has 1 aliphatic carbocycles. The molecule has 1 N–H and O–H groups in total. The molecule has 1 aliphatic heterocycles. The van der Waals surface area contributed by atoms with Gasteiger partial charge in [-0.05, 0) is 51.5 Å². The highest BCUT2D eigenvalue weighted by atomic mass is 32.2. The predicted molar refractivity (Wildman–Crippen MR) is 79.4 cm³/mol. The van der Waals surface area contributed by atoms with Crippen LogP contribution in [0.4, 0.5) is 0 Å². The Kier molecular flexibility index (Phi) is 4.12. The summed E-state index contributed by atoms with van der Waals surface area (Å²) in [5, 5.41) is 0. The normalized spacial score (nSPS) is 24.9. The minimum absolute atomic E-state index is 0.000414. The Bertz CT molecular complexity index is 589. The van der Waals surface area contributed by atoms with Crippen molar-refractivity contribution in [1.82, 2.24) is 4.72 Å². The van der Waals surface area contributed by atoms with Crippen LogP contribution in [0, 0.1) is 6.92 Å². The van der Waals surface area contributed by atoms with E-state index in [2.05, 4.69) is 4.72 Å².